The number of sulfonamides is 1. The lowest BCUT2D eigenvalue weighted by Gasteiger charge is -2.25. The molecule has 134 valence electrons. The lowest BCUT2D eigenvalue weighted by Crippen LogP contribution is -2.42. The second-order valence-electron chi connectivity index (χ2n) is 6.12. The predicted molar refractivity (Wildman–Crippen MR) is 95.1 cm³/mol. The highest BCUT2D eigenvalue weighted by Gasteiger charge is 2.25. The minimum atomic E-state index is -3.65. The van der Waals surface area contributed by atoms with Gasteiger partial charge >= 0.3 is 0 Å². The molecule has 0 radical (unpaired) electrons. The third-order valence-corrected chi connectivity index (χ3v) is 5.29. The molecule has 8 heteroatoms. The predicted octanol–water partition coefficient (Wildman–Crippen LogP) is 2.02. The van der Waals surface area contributed by atoms with Gasteiger partial charge in [-0.05, 0) is 43.9 Å². The molecule has 1 N–H and O–H groups in total. The minimum Gasteiger partial charge on any atom is -0.376 e. The monoisotopic (exact) mass is 374 g/mol. The van der Waals surface area contributed by atoms with Crippen molar-refractivity contribution >= 4 is 33.2 Å². The van der Waals surface area contributed by atoms with Crippen LogP contribution in [0, 0.1) is 13.8 Å². The summed E-state index contributed by atoms with van der Waals surface area (Å²) in [6.45, 7) is 4.43. The molecule has 1 aromatic carbocycles. The van der Waals surface area contributed by atoms with Gasteiger partial charge in [-0.2, -0.15) is 0 Å². The molecule has 1 aliphatic rings. The van der Waals surface area contributed by atoms with Crippen LogP contribution in [0.4, 0.5) is 5.69 Å². The molecule has 1 atom stereocenters. The van der Waals surface area contributed by atoms with Crippen molar-refractivity contribution in [1.29, 1.82) is 0 Å². The fraction of sp³-hybridized carbons (Fsp3) is 0.562. The fourth-order valence-corrected chi connectivity index (χ4v) is 4.20. The molecule has 24 heavy (non-hydrogen) atoms. The zero-order valence-electron chi connectivity index (χ0n) is 14.1. The summed E-state index contributed by atoms with van der Waals surface area (Å²) in [5.74, 6) is -0.382. The molecule has 1 heterocycles. The molecule has 2 rings (SSSR count). The minimum absolute atomic E-state index is 0.00494. The number of carbonyl (C=O) groups excluding carboxylic acids is 1. The number of rotatable bonds is 6. The average molecular weight is 375 g/mol. The van der Waals surface area contributed by atoms with E-state index in [-0.39, 0.29) is 18.6 Å². The van der Waals surface area contributed by atoms with E-state index in [1.54, 1.807) is 13.0 Å². The van der Waals surface area contributed by atoms with Crippen molar-refractivity contribution in [3.8, 4) is 0 Å². The van der Waals surface area contributed by atoms with Gasteiger partial charge < -0.3 is 10.1 Å². The van der Waals surface area contributed by atoms with Crippen molar-refractivity contribution in [2.24, 2.45) is 0 Å². The molecule has 0 spiro atoms. The number of anilines is 1. The van der Waals surface area contributed by atoms with Crippen molar-refractivity contribution < 1.29 is 17.9 Å². The number of hydrogen-bond acceptors (Lipinski definition) is 4. The van der Waals surface area contributed by atoms with Crippen LogP contribution in [0.3, 0.4) is 0 Å². The van der Waals surface area contributed by atoms with E-state index in [0.29, 0.717) is 29.4 Å². The molecule has 0 aromatic heterocycles. The Balaban J connectivity index is 2.16. The number of nitrogens with one attached hydrogen (secondary N) is 1. The van der Waals surface area contributed by atoms with Crippen LogP contribution in [-0.2, 0) is 19.6 Å². The van der Waals surface area contributed by atoms with Gasteiger partial charge in [0.25, 0.3) is 0 Å². The highest BCUT2D eigenvalue weighted by molar-refractivity contribution is 7.92. The first-order chi connectivity index (χ1) is 11.2. The van der Waals surface area contributed by atoms with Gasteiger partial charge in [0.15, 0.2) is 0 Å². The third-order valence-electron chi connectivity index (χ3n) is 3.89. The molecule has 1 fully saturated rings. The van der Waals surface area contributed by atoms with Crippen LogP contribution >= 0.6 is 11.6 Å². The number of ether oxygens (including phenoxy) is 1. The first-order valence-electron chi connectivity index (χ1n) is 7.81. The number of hydrogen-bond donors (Lipinski definition) is 1. The quantitative estimate of drug-likeness (QED) is 0.826. The summed E-state index contributed by atoms with van der Waals surface area (Å²) < 4.78 is 30.9. The van der Waals surface area contributed by atoms with E-state index in [1.165, 1.54) is 0 Å². The van der Waals surface area contributed by atoms with Crippen molar-refractivity contribution in [2.75, 3.05) is 30.3 Å². The Morgan fingerprint density at radius 3 is 2.67 bits per heavy atom. The Kier molecular flexibility index (Phi) is 6.11. The lowest BCUT2D eigenvalue weighted by molar-refractivity contribution is -0.120. The molecule has 0 bridgehead atoms. The van der Waals surface area contributed by atoms with Gasteiger partial charge in [-0.25, -0.2) is 8.42 Å². The normalized spacial score (nSPS) is 17.8. The van der Waals surface area contributed by atoms with Gasteiger partial charge in [0.2, 0.25) is 15.9 Å². The maximum Gasteiger partial charge on any atom is 0.240 e. The van der Waals surface area contributed by atoms with Crippen molar-refractivity contribution in [3.05, 3.63) is 28.3 Å². The van der Waals surface area contributed by atoms with Crippen LogP contribution in [0.2, 0.25) is 5.02 Å². The van der Waals surface area contributed by atoms with E-state index in [1.807, 2.05) is 13.0 Å². The molecule has 1 aliphatic heterocycles. The van der Waals surface area contributed by atoms with E-state index >= 15 is 0 Å². The van der Waals surface area contributed by atoms with Crippen molar-refractivity contribution in [3.63, 3.8) is 0 Å². The Labute approximate surface area is 148 Å². The van der Waals surface area contributed by atoms with Gasteiger partial charge in [0, 0.05) is 13.2 Å². The Bertz CT molecular complexity index is 692. The molecule has 1 aromatic rings. The zero-order chi connectivity index (χ0) is 17.9. The van der Waals surface area contributed by atoms with Gasteiger partial charge in [0.1, 0.15) is 6.54 Å². The molecule has 0 aliphatic carbocycles. The number of nitrogens with zero attached hydrogens (tertiary/aromatic N) is 1. The van der Waals surface area contributed by atoms with E-state index in [2.05, 4.69) is 5.32 Å². The second kappa shape index (κ2) is 7.72. The standard InChI is InChI=1S/C16H23ClN2O4S/c1-11-7-12(2)16(14(17)8-11)19(24(3,21)22)10-15(20)18-9-13-5-4-6-23-13/h7-8,13H,4-6,9-10H2,1-3H3,(H,18,20). The van der Waals surface area contributed by atoms with E-state index in [9.17, 15) is 13.2 Å². The van der Waals surface area contributed by atoms with Crippen LogP contribution in [-0.4, -0.2) is 46.4 Å². The maximum atomic E-state index is 12.2. The summed E-state index contributed by atoms with van der Waals surface area (Å²) in [7, 11) is -3.65. The molecule has 0 saturated carbocycles. The third kappa shape index (κ3) is 4.84. The largest absolute Gasteiger partial charge is 0.376 e. The Hall–Kier alpha value is -1.31. The molecule has 1 saturated heterocycles. The highest BCUT2D eigenvalue weighted by Crippen LogP contribution is 2.32. The van der Waals surface area contributed by atoms with Gasteiger partial charge in [-0.3, -0.25) is 9.10 Å². The van der Waals surface area contributed by atoms with Gasteiger partial charge in [0.05, 0.1) is 23.1 Å². The van der Waals surface area contributed by atoms with E-state index in [0.717, 1.165) is 29.0 Å². The Morgan fingerprint density at radius 1 is 1.42 bits per heavy atom. The summed E-state index contributed by atoms with van der Waals surface area (Å²) in [5.41, 5.74) is 1.98. The SMILES string of the molecule is Cc1cc(C)c(N(CC(=O)NCC2CCCO2)S(C)(=O)=O)c(Cl)c1. The van der Waals surface area contributed by atoms with Crippen molar-refractivity contribution in [1.82, 2.24) is 5.32 Å². The van der Waals surface area contributed by atoms with Crippen LogP contribution in [0.25, 0.3) is 0 Å². The number of amides is 1. The fourth-order valence-electron chi connectivity index (χ4n) is 2.81. The van der Waals surface area contributed by atoms with Crippen LogP contribution in [0.1, 0.15) is 24.0 Å². The molecule has 1 amide bonds. The van der Waals surface area contributed by atoms with E-state index < -0.39 is 10.0 Å². The lowest BCUT2D eigenvalue weighted by atomic mass is 10.1. The first kappa shape index (κ1) is 19.0. The number of benzene rings is 1. The molecular formula is C16H23ClN2O4S. The molecule has 6 nitrogen and oxygen atoms in total. The second-order valence-corrected chi connectivity index (χ2v) is 8.44. The molecular weight excluding hydrogens is 352 g/mol. The van der Waals surface area contributed by atoms with Gasteiger partial charge in [-0.15, -0.1) is 0 Å². The Morgan fingerprint density at radius 2 is 2.12 bits per heavy atom. The van der Waals surface area contributed by atoms with E-state index in [4.69, 9.17) is 16.3 Å². The first-order valence-corrected chi connectivity index (χ1v) is 10.0. The summed E-state index contributed by atoms with van der Waals surface area (Å²) in [5, 5.41) is 3.04. The number of halogens is 1. The highest BCUT2D eigenvalue weighted by atomic mass is 35.5. The van der Waals surface area contributed by atoms with Gasteiger partial charge in [-0.1, -0.05) is 17.7 Å². The van der Waals surface area contributed by atoms with Crippen molar-refractivity contribution in [2.45, 2.75) is 32.8 Å². The summed E-state index contributed by atoms with van der Waals surface area (Å²) in [6.07, 6.45) is 2.95. The van der Waals surface area contributed by atoms with Crippen LogP contribution in [0.15, 0.2) is 12.1 Å². The number of carbonyl (C=O) groups is 1. The summed E-state index contributed by atoms with van der Waals surface area (Å²) >= 11 is 6.24. The summed E-state index contributed by atoms with van der Waals surface area (Å²) in [4.78, 5) is 12.2. The maximum absolute atomic E-state index is 12.2. The number of aryl methyl sites for hydroxylation is 2. The smallest absolute Gasteiger partial charge is 0.240 e. The van der Waals surface area contributed by atoms with Crippen LogP contribution in [0.5, 0.6) is 0 Å². The van der Waals surface area contributed by atoms with Crippen LogP contribution < -0.4 is 9.62 Å². The topological polar surface area (TPSA) is 75.7 Å². The zero-order valence-corrected chi connectivity index (χ0v) is 15.7. The average Bonchev–Trinajstić information content (AvgIpc) is 2.95. The molecule has 1 unspecified atom stereocenters. The summed E-state index contributed by atoms with van der Waals surface area (Å²) in [6, 6.07) is 3.52.